The summed E-state index contributed by atoms with van der Waals surface area (Å²) in [5, 5.41) is 38.1. The summed E-state index contributed by atoms with van der Waals surface area (Å²) >= 11 is 0. The zero-order chi connectivity index (χ0) is 15.8. The molecule has 0 saturated carbocycles. The largest absolute Gasteiger partial charge is 0.388 e. The lowest BCUT2D eigenvalue weighted by Crippen LogP contribution is -2.59. The molecule has 0 aliphatic carbocycles. The second kappa shape index (κ2) is 5.99. The Morgan fingerprint density at radius 2 is 1.57 bits per heavy atom. The standard InChI is InChI=1S/C13H18O7S/c1-7-2-4-8(5-3-7)21(18,19)6-9-10(14)11(15)12(16)13(17)20-9/h2-5,9-17H,6H2,1H3/t9-,10-,11+,12+,13?/m1/s1. The summed E-state index contributed by atoms with van der Waals surface area (Å²) in [6.45, 7) is 1.82. The summed E-state index contributed by atoms with van der Waals surface area (Å²) < 4.78 is 29.3. The highest BCUT2D eigenvalue weighted by Gasteiger charge is 2.44. The van der Waals surface area contributed by atoms with E-state index < -0.39 is 46.3 Å². The average Bonchev–Trinajstić information content (AvgIpc) is 2.42. The molecule has 0 amide bonds. The van der Waals surface area contributed by atoms with Gasteiger partial charge in [-0.05, 0) is 19.1 Å². The molecule has 8 heteroatoms. The van der Waals surface area contributed by atoms with E-state index in [4.69, 9.17) is 4.74 Å². The Hall–Kier alpha value is -1.03. The number of benzene rings is 1. The molecule has 0 bridgehead atoms. The highest BCUT2D eigenvalue weighted by molar-refractivity contribution is 7.91. The molecule has 21 heavy (non-hydrogen) atoms. The Morgan fingerprint density at radius 1 is 1.00 bits per heavy atom. The van der Waals surface area contributed by atoms with Gasteiger partial charge in [-0.2, -0.15) is 0 Å². The van der Waals surface area contributed by atoms with Crippen LogP contribution in [0.5, 0.6) is 0 Å². The van der Waals surface area contributed by atoms with Crippen molar-refractivity contribution >= 4 is 9.84 Å². The SMILES string of the molecule is Cc1ccc(S(=O)(=O)C[C@H]2OC(O)[C@@H](O)[C@@H](O)[C@@H]2O)cc1. The maximum atomic E-state index is 12.2. The summed E-state index contributed by atoms with van der Waals surface area (Å²) in [6.07, 6.45) is -8.04. The molecule has 1 aromatic carbocycles. The van der Waals surface area contributed by atoms with Crippen LogP contribution in [-0.2, 0) is 14.6 Å². The van der Waals surface area contributed by atoms with Crippen molar-refractivity contribution in [1.29, 1.82) is 0 Å². The second-order valence-corrected chi connectivity index (χ2v) is 7.17. The molecule has 2 rings (SSSR count). The number of aryl methyl sites for hydroxylation is 1. The zero-order valence-corrected chi connectivity index (χ0v) is 12.1. The molecule has 5 atom stereocenters. The highest BCUT2D eigenvalue weighted by Crippen LogP contribution is 2.23. The molecule has 7 nitrogen and oxygen atoms in total. The molecule has 118 valence electrons. The highest BCUT2D eigenvalue weighted by atomic mass is 32.2. The second-order valence-electron chi connectivity index (χ2n) is 5.13. The third-order valence-corrected chi connectivity index (χ3v) is 5.21. The summed E-state index contributed by atoms with van der Waals surface area (Å²) in [5.41, 5.74) is 0.900. The molecule has 1 unspecified atom stereocenters. The van der Waals surface area contributed by atoms with E-state index >= 15 is 0 Å². The van der Waals surface area contributed by atoms with E-state index in [0.717, 1.165) is 5.56 Å². The van der Waals surface area contributed by atoms with Crippen molar-refractivity contribution in [2.24, 2.45) is 0 Å². The fourth-order valence-corrected chi connectivity index (χ4v) is 3.58. The maximum absolute atomic E-state index is 12.2. The molecule has 1 fully saturated rings. The molecule has 0 radical (unpaired) electrons. The monoisotopic (exact) mass is 318 g/mol. The van der Waals surface area contributed by atoms with Crippen molar-refractivity contribution in [3.8, 4) is 0 Å². The molecule has 1 aliphatic rings. The van der Waals surface area contributed by atoms with Crippen molar-refractivity contribution in [2.45, 2.75) is 42.5 Å². The molecule has 1 heterocycles. The number of aliphatic hydroxyl groups excluding tert-OH is 4. The Labute approximate surface area is 122 Å². The lowest BCUT2D eigenvalue weighted by Gasteiger charge is -2.38. The van der Waals surface area contributed by atoms with Crippen molar-refractivity contribution in [2.75, 3.05) is 5.75 Å². The van der Waals surface area contributed by atoms with Crippen molar-refractivity contribution < 1.29 is 33.6 Å². The maximum Gasteiger partial charge on any atom is 0.183 e. The first kappa shape index (κ1) is 16.3. The van der Waals surface area contributed by atoms with Gasteiger partial charge >= 0.3 is 0 Å². The van der Waals surface area contributed by atoms with Gasteiger partial charge < -0.3 is 25.2 Å². The summed E-state index contributed by atoms with van der Waals surface area (Å²) in [6, 6.07) is 6.14. The van der Waals surface area contributed by atoms with Crippen LogP contribution in [0, 0.1) is 6.92 Å². The number of hydrogen-bond acceptors (Lipinski definition) is 7. The molecule has 0 spiro atoms. The van der Waals surface area contributed by atoms with E-state index in [1.54, 1.807) is 12.1 Å². The number of sulfone groups is 1. The van der Waals surface area contributed by atoms with Crippen LogP contribution < -0.4 is 0 Å². The van der Waals surface area contributed by atoms with Crippen LogP contribution in [0.2, 0.25) is 0 Å². The van der Waals surface area contributed by atoms with Crippen LogP contribution in [0.15, 0.2) is 29.2 Å². The Kier molecular flexibility index (Phi) is 4.66. The predicted octanol–water partition coefficient (Wildman–Crippen LogP) is -1.43. The van der Waals surface area contributed by atoms with E-state index in [1.165, 1.54) is 12.1 Å². The minimum absolute atomic E-state index is 0.0546. The minimum Gasteiger partial charge on any atom is -0.388 e. The Morgan fingerprint density at radius 3 is 2.14 bits per heavy atom. The van der Waals surface area contributed by atoms with E-state index in [0.29, 0.717) is 0 Å². The first-order valence-electron chi connectivity index (χ1n) is 6.39. The number of aliphatic hydroxyl groups is 4. The van der Waals surface area contributed by atoms with Crippen LogP contribution >= 0.6 is 0 Å². The smallest absolute Gasteiger partial charge is 0.183 e. The number of ether oxygens (including phenoxy) is 1. The van der Waals surface area contributed by atoms with Gasteiger partial charge in [0.25, 0.3) is 0 Å². The number of rotatable bonds is 3. The summed E-state index contributed by atoms with van der Waals surface area (Å²) in [4.78, 5) is 0.0546. The van der Waals surface area contributed by atoms with Crippen molar-refractivity contribution in [3.63, 3.8) is 0 Å². The van der Waals surface area contributed by atoms with Crippen molar-refractivity contribution in [3.05, 3.63) is 29.8 Å². The lowest BCUT2D eigenvalue weighted by molar-refractivity contribution is -0.276. The number of hydrogen-bond donors (Lipinski definition) is 4. The van der Waals surface area contributed by atoms with Crippen molar-refractivity contribution in [1.82, 2.24) is 0 Å². The van der Waals surface area contributed by atoms with Gasteiger partial charge in [-0.25, -0.2) is 8.42 Å². The van der Waals surface area contributed by atoms with E-state index in [1.807, 2.05) is 6.92 Å². The van der Waals surface area contributed by atoms with Crippen LogP contribution in [0.25, 0.3) is 0 Å². The Bertz CT molecular complexity index is 583. The third-order valence-electron chi connectivity index (χ3n) is 3.45. The molecule has 4 N–H and O–H groups in total. The Balaban J connectivity index is 2.18. The molecular weight excluding hydrogens is 300 g/mol. The van der Waals surface area contributed by atoms with Gasteiger partial charge in [-0.3, -0.25) is 0 Å². The van der Waals surface area contributed by atoms with Crippen LogP contribution in [0.4, 0.5) is 0 Å². The van der Waals surface area contributed by atoms with Crippen LogP contribution in [-0.4, -0.2) is 65.3 Å². The summed E-state index contributed by atoms with van der Waals surface area (Å²) in [5.74, 6) is -0.613. The fraction of sp³-hybridized carbons (Fsp3) is 0.538. The summed E-state index contributed by atoms with van der Waals surface area (Å²) in [7, 11) is -3.76. The molecule has 1 aliphatic heterocycles. The van der Waals surface area contributed by atoms with Gasteiger partial charge in [-0.1, -0.05) is 17.7 Å². The fourth-order valence-electron chi connectivity index (χ4n) is 2.13. The quantitative estimate of drug-likeness (QED) is 0.538. The van der Waals surface area contributed by atoms with Gasteiger partial charge in [0.1, 0.15) is 24.4 Å². The zero-order valence-electron chi connectivity index (χ0n) is 11.3. The van der Waals surface area contributed by atoms with Crippen LogP contribution in [0.3, 0.4) is 0 Å². The van der Waals surface area contributed by atoms with E-state index in [-0.39, 0.29) is 4.90 Å². The molecule has 1 aromatic rings. The average molecular weight is 318 g/mol. The topological polar surface area (TPSA) is 124 Å². The van der Waals surface area contributed by atoms with Gasteiger partial charge in [0.2, 0.25) is 0 Å². The minimum atomic E-state index is -3.76. The van der Waals surface area contributed by atoms with Gasteiger partial charge in [0, 0.05) is 0 Å². The van der Waals surface area contributed by atoms with Gasteiger partial charge in [-0.15, -0.1) is 0 Å². The molecule has 1 saturated heterocycles. The van der Waals surface area contributed by atoms with E-state index in [2.05, 4.69) is 0 Å². The molecular formula is C13H18O7S. The van der Waals surface area contributed by atoms with E-state index in [9.17, 15) is 28.8 Å². The molecule has 0 aromatic heterocycles. The van der Waals surface area contributed by atoms with Gasteiger partial charge in [0.05, 0.1) is 10.6 Å². The van der Waals surface area contributed by atoms with Crippen LogP contribution in [0.1, 0.15) is 5.56 Å². The third kappa shape index (κ3) is 3.42. The predicted molar refractivity (Wildman–Crippen MR) is 72.1 cm³/mol. The first-order chi connectivity index (χ1) is 9.72. The normalized spacial score (nSPS) is 33.9. The first-order valence-corrected chi connectivity index (χ1v) is 8.05. The lowest BCUT2D eigenvalue weighted by atomic mass is 10.0. The van der Waals surface area contributed by atoms with Gasteiger partial charge in [0.15, 0.2) is 16.1 Å².